The molecule has 0 bridgehead atoms. The van der Waals surface area contributed by atoms with Gasteiger partial charge in [0.2, 0.25) is 5.88 Å². The van der Waals surface area contributed by atoms with E-state index < -0.39 is 17.3 Å². The van der Waals surface area contributed by atoms with Gasteiger partial charge in [-0.25, -0.2) is 4.79 Å². The first-order valence-electron chi connectivity index (χ1n) is 8.96. The van der Waals surface area contributed by atoms with Crippen molar-refractivity contribution < 1.29 is 5.11 Å². The smallest absolute Gasteiger partial charge is 0.331 e. The minimum Gasteiger partial charge on any atom is -0.494 e. The third-order valence-electron chi connectivity index (χ3n) is 5.34. The van der Waals surface area contributed by atoms with Crippen LogP contribution in [-0.2, 0) is 13.0 Å². The number of fused-ring (bicyclic) bond motifs is 3. The van der Waals surface area contributed by atoms with Crippen molar-refractivity contribution in [3.63, 3.8) is 0 Å². The molecule has 7 heteroatoms. The molecule has 3 aromatic rings. The highest BCUT2D eigenvalue weighted by atomic mass is 16.3. The van der Waals surface area contributed by atoms with Gasteiger partial charge in [-0.1, -0.05) is 25.1 Å². The molecule has 4 rings (SSSR count). The van der Waals surface area contributed by atoms with Crippen LogP contribution in [0.5, 0.6) is 5.88 Å². The van der Waals surface area contributed by atoms with Gasteiger partial charge < -0.3 is 10.1 Å². The lowest BCUT2D eigenvalue weighted by atomic mass is 9.93. The summed E-state index contributed by atoms with van der Waals surface area (Å²) in [4.78, 5) is 32.6. The largest absolute Gasteiger partial charge is 0.494 e. The summed E-state index contributed by atoms with van der Waals surface area (Å²) in [7, 11) is 0. The van der Waals surface area contributed by atoms with E-state index in [1.165, 1.54) is 10.1 Å². The lowest BCUT2D eigenvalue weighted by Gasteiger charge is -2.35. The number of nitrogens with zero attached hydrogens (tertiary/aromatic N) is 2. The molecule has 0 aliphatic carbocycles. The molecule has 0 amide bonds. The molecular weight excluding hydrogens is 332 g/mol. The maximum absolute atomic E-state index is 12.6. The van der Waals surface area contributed by atoms with Gasteiger partial charge in [-0.05, 0) is 31.5 Å². The molecule has 0 unspecified atom stereocenters. The number of aromatic nitrogens is 3. The van der Waals surface area contributed by atoms with E-state index in [0.717, 1.165) is 36.1 Å². The maximum Gasteiger partial charge on any atom is 0.331 e. The Morgan fingerprint density at radius 3 is 2.65 bits per heavy atom. The van der Waals surface area contributed by atoms with Gasteiger partial charge in [0.05, 0.1) is 6.04 Å². The zero-order valence-electron chi connectivity index (χ0n) is 14.9. The van der Waals surface area contributed by atoms with Gasteiger partial charge in [0.1, 0.15) is 5.56 Å². The number of H-pyrrole nitrogens is 2. The van der Waals surface area contributed by atoms with Gasteiger partial charge in [-0.2, -0.15) is 0 Å². The summed E-state index contributed by atoms with van der Waals surface area (Å²) in [6.45, 7) is 5.58. The summed E-state index contributed by atoms with van der Waals surface area (Å²) in [6.07, 6.45) is 0.871. The number of aromatic hydroxyl groups is 1. The summed E-state index contributed by atoms with van der Waals surface area (Å²) in [5.41, 5.74) is 2.20. The van der Waals surface area contributed by atoms with Gasteiger partial charge in [0, 0.05) is 29.7 Å². The normalized spacial score (nSPS) is 17.5. The Bertz CT molecular complexity index is 1090. The number of rotatable bonds is 3. The fraction of sp³-hybridized carbons (Fsp3) is 0.368. The molecule has 0 radical (unpaired) electrons. The Balaban J connectivity index is 2.02. The lowest BCUT2D eigenvalue weighted by Crippen LogP contribution is -2.41. The van der Waals surface area contributed by atoms with Gasteiger partial charge in [0.15, 0.2) is 0 Å². The number of nitrogens with one attached hydrogen (secondary N) is 2. The molecule has 1 aliphatic rings. The summed E-state index contributed by atoms with van der Waals surface area (Å²) < 4.78 is 1.20. The van der Waals surface area contributed by atoms with Gasteiger partial charge >= 0.3 is 5.69 Å². The van der Waals surface area contributed by atoms with Crippen molar-refractivity contribution in [2.45, 2.75) is 32.9 Å². The van der Waals surface area contributed by atoms with Crippen LogP contribution in [0.4, 0.5) is 0 Å². The summed E-state index contributed by atoms with van der Waals surface area (Å²) in [6, 6.07) is 7.63. The van der Waals surface area contributed by atoms with Crippen LogP contribution in [0.25, 0.3) is 10.9 Å². The second-order valence-corrected chi connectivity index (χ2v) is 6.58. The first-order chi connectivity index (χ1) is 12.6. The van der Waals surface area contributed by atoms with Crippen molar-refractivity contribution >= 4 is 10.9 Å². The monoisotopic (exact) mass is 354 g/mol. The number of hydrogen-bond donors (Lipinski definition) is 3. The van der Waals surface area contributed by atoms with Crippen molar-refractivity contribution in [3.8, 4) is 5.88 Å². The minimum atomic E-state index is -0.588. The summed E-state index contributed by atoms with van der Waals surface area (Å²) in [5, 5.41) is 11.9. The molecule has 7 nitrogen and oxygen atoms in total. The average molecular weight is 354 g/mol. The van der Waals surface area contributed by atoms with E-state index in [2.05, 4.69) is 20.9 Å². The number of benzene rings is 1. The topological polar surface area (TPSA) is 94.1 Å². The van der Waals surface area contributed by atoms with E-state index in [-0.39, 0.29) is 18.0 Å². The van der Waals surface area contributed by atoms with E-state index in [1.807, 2.05) is 25.1 Å². The number of aromatic amines is 2. The third-order valence-corrected chi connectivity index (χ3v) is 5.34. The fourth-order valence-electron chi connectivity index (χ4n) is 4.07. The molecule has 0 fully saturated rings. The Morgan fingerprint density at radius 1 is 1.15 bits per heavy atom. The van der Waals surface area contributed by atoms with E-state index in [1.54, 1.807) is 6.92 Å². The van der Waals surface area contributed by atoms with Gasteiger partial charge in [0.25, 0.3) is 5.56 Å². The molecule has 3 N–H and O–H groups in total. The Kier molecular flexibility index (Phi) is 3.96. The van der Waals surface area contributed by atoms with E-state index in [0.29, 0.717) is 0 Å². The van der Waals surface area contributed by atoms with E-state index in [4.69, 9.17) is 0 Å². The average Bonchev–Trinajstić information content (AvgIpc) is 3.00. The number of para-hydroxylation sites is 1. The molecule has 3 heterocycles. The zero-order chi connectivity index (χ0) is 18.4. The Labute approximate surface area is 149 Å². The summed E-state index contributed by atoms with van der Waals surface area (Å²) >= 11 is 0. The number of hydrogen-bond acceptors (Lipinski definition) is 4. The quantitative estimate of drug-likeness (QED) is 0.667. The molecule has 26 heavy (non-hydrogen) atoms. The van der Waals surface area contributed by atoms with Crippen LogP contribution >= 0.6 is 0 Å². The highest BCUT2D eigenvalue weighted by Gasteiger charge is 2.35. The second-order valence-electron chi connectivity index (χ2n) is 6.58. The maximum atomic E-state index is 12.6. The van der Waals surface area contributed by atoms with Crippen molar-refractivity contribution in [2.75, 3.05) is 13.1 Å². The first-order valence-corrected chi connectivity index (χ1v) is 8.96. The standard InChI is InChI=1S/C19H22N4O3/c1-3-22-10-9-12-11-7-5-6-8-13(11)20-15(12)16(22)14-17(24)21-19(26)23(4-2)18(14)25/h5-8,16,20,25H,3-4,9-10H2,1-2H3,(H,21,24,26)/t16-/m0/s1. The predicted molar refractivity (Wildman–Crippen MR) is 99.8 cm³/mol. The second kappa shape index (κ2) is 6.17. The van der Waals surface area contributed by atoms with Gasteiger partial charge in [-0.3, -0.25) is 19.2 Å². The molecule has 1 aromatic carbocycles. The Morgan fingerprint density at radius 2 is 1.92 bits per heavy atom. The minimum absolute atomic E-state index is 0.223. The van der Waals surface area contributed by atoms with Crippen molar-refractivity contribution in [3.05, 3.63) is 61.9 Å². The number of likely N-dealkylation sites (N-methyl/N-ethyl adjacent to an activating group) is 1. The van der Waals surface area contributed by atoms with Crippen molar-refractivity contribution in [1.82, 2.24) is 19.4 Å². The van der Waals surface area contributed by atoms with E-state index in [9.17, 15) is 14.7 Å². The van der Waals surface area contributed by atoms with Crippen LogP contribution in [0, 0.1) is 0 Å². The third kappa shape index (κ3) is 2.31. The molecule has 0 saturated heterocycles. The van der Waals surface area contributed by atoms with Crippen LogP contribution in [0.3, 0.4) is 0 Å². The highest BCUT2D eigenvalue weighted by Crippen LogP contribution is 2.39. The highest BCUT2D eigenvalue weighted by molar-refractivity contribution is 5.85. The van der Waals surface area contributed by atoms with E-state index >= 15 is 0 Å². The molecule has 0 spiro atoms. The van der Waals surface area contributed by atoms with Crippen LogP contribution < -0.4 is 11.2 Å². The Hall–Kier alpha value is -2.80. The van der Waals surface area contributed by atoms with Crippen molar-refractivity contribution in [1.29, 1.82) is 0 Å². The molecule has 0 saturated carbocycles. The lowest BCUT2D eigenvalue weighted by molar-refractivity contribution is 0.214. The van der Waals surface area contributed by atoms with Crippen LogP contribution in [0.2, 0.25) is 0 Å². The van der Waals surface area contributed by atoms with Crippen molar-refractivity contribution in [2.24, 2.45) is 0 Å². The molecule has 1 atom stereocenters. The zero-order valence-corrected chi connectivity index (χ0v) is 14.9. The van der Waals surface area contributed by atoms with Crippen LogP contribution in [0.1, 0.15) is 36.7 Å². The van der Waals surface area contributed by atoms with Crippen LogP contribution in [-0.4, -0.2) is 37.6 Å². The SMILES string of the molecule is CCN1CCc2c([nH]c3ccccc23)[C@@H]1c1c(O)n(CC)c(=O)[nH]c1=O. The fourth-order valence-corrected chi connectivity index (χ4v) is 4.07. The summed E-state index contributed by atoms with van der Waals surface area (Å²) in [5.74, 6) is -0.254. The molecule has 136 valence electrons. The van der Waals surface area contributed by atoms with Gasteiger partial charge in [-0.15, -0.1) is 0 Å². The molecular formula is C19H22N4O3. The van der Waals surface area contributed by atoms with Crippen LogP contribution in [0.15, 0.2) is 33.9 Å². The first kappa shape index (κ1) is 16.7. The predicted octanol–water partition coefficient (Wildman–Crippen LogP) is 1.71. The molecule has 2 aromatic heterocycles. The molecule has 1 aliphatic heterocycles.